The molecule has 2 rings (SSSR count). The minimum atomic E-state index is -0.0823. The number of hydrogen-bond donors (Lipinski definition) is 2. The number of carbonyl (C=O) groups excluding carboxylic acids is 1. The lowest BCUT2D eigenvalue weighted by Gasteiger charge is -2.28. The van der Waals surface area contributed by atoms with Gasteiger partial charge in [0, 0.05) is 11.7 Å². The largest absolute Gasteiger partial charge is 0.335 e. The second kappa shape index (κ2) is 6.43. The smallest absolute Gasteiger partial charge is 0.319 e. The van der Waals surface area contributed by atoms with Crippen molar-refractivity contribution >= 4 is 11.7 Å². The highest BCUT2D eigenvalue weighted by Gasteiger charge is 2.21. The molecule has 0 heterocycles. The van der Waals surface area contributed by atoms with Crippen molar-refractivity contribution in [3.05, 3.63) is 30.3 Å². The molecule has 0 spiro atoms. The fraction of sp³-hybridized carbons (Fsp3) is 0.533. The van der Waals surface area contributed by atoms with Crippen LogP contribution in [0.25, 0.3) is 0 Å². The van der Waals surface area contributed by atoms with Crippen LogP contribution in [0.1, 0.15) is 39.0 Å². The van der Waals surface area contributed by atoms with Crippen LogP contribution in [0.4, 0.5) is 10.5 Å². The van der Waals surface area contributed by atoms with Crippen LogP contribution >= 0.6 is 0 Å². The number of hydrogen-bond acceptors (Lipinski definition) is 1. The van der Waals surface area contributed by atoms with Crippen LogP contribution in [0.5, 0.6) is 0 Å². The summed E-state index contributed by atoms with van der Waals surface area (Å²) in [4.78, 5) is 11.8. The van der Waals surface area contributed by atoms with Crippen molar-refractivity contribution < 1.29 is 4.79 Å². The van der Waals surface area contributed by atoms with E-state index in [-0.39, 0.29) is 6.03 Å². The third kappa shape index (κ3) is 3.76. The molecule has 1 aliphatic carbocycles. The Morgan fingerprint density at radius 3 is 2.44 bits per heavy atom. The summed E-state index contributed by atoms with van der Waals surface area (Å²) in [6.45, 7) is 2.25. The molecule has 98 valence electrons. The van der Waals surface area contributed by atoms with E-state index in [0.29, 0.717) is 6.04 Å². The molecule has 3 heteroatoms. The Kier molecular flexibility index (Phi) is 4.62. The highest BCUT2D eigenvalue weighted by atomic mass is 16.2. The number of para-hydroxylation sites is 1. The van der Waals surface area contributed by atoms with E-state index in [9.17, 15) is 4.79 Å². The Hall–Kier alpha value is -1.51. The summed E-state index contributed by atoms with van der Waals surface area (Å²) in [6, 6.07) is 9.83. The Labute approximate surface area is 109 Å². The Morgan fingerprint density at radius 2 is 1.83 bits per heavy atom. The maximum atomic E-state index is 11.8. The van der Waals surface area contributed by atoms with E-state index >= 15 is 0 Å². The summed E-state index contributed by atoms with van der Waals surface area (Å²) >= 11 is 0. The normalized spacial score (nSPS) is 23.4. The minimum absolute atomic E-state index is 0.0823. The van der Waals surface area contributed by atoms with Gasteiger partial charge >= 0.3 is 6.03 Å². The average Bonchev–Trinajstić information content (AvgIpc) is 2.40. The number of rotatable bonds is 3. The SMILES string of the molecule is CC[C@H]1CC[C@@H](NC(=O)Nc2ccccc2)CC1. The number of carbonyl (C=O) groups is 1. The van der Waals surface area contributed by atoms with Crippen LogP contribution in [-0.2, 0) is 0 Å². The summed E-state index contributed by atoms with van der Waals surface area (Å²) < 4.78 is 0. The van der Waals surface area contributed by atoms with Crippen molar-refractivity contribution in [1.29, 1.82) is 0 Å². The summed E-state index contributed by atoms with van der Waals surface area (Å²) in [5.74, 6) is 0.861. The van der Waals surface area contributed by atoms with E-state index in [1.54, 1.807) is 0 Å². The van der Waals surface area contributed by atoms with Crippen molar-refractivity contribution in [2.75, 3.05) is 5.32 Å². The van der Waals surface area contributed by atoms with Gasteiger partial charge in [0.1, 0.15) is 0 Å². The zero-order valence-corrected chi connectivity index (χ0v) is 11.0. The van der Waals surface area contributed by atoms with Gasteiger partial charge in [-0.2, -0.15) is 0 Å². The molecular formula is C15H22N2O. The van der Waals surface area contributed by atoms with Crippen molar-refractivity contribution in [2.24, 2.45) is 5.92 Å². The molecule has 2 amide bonds. The molecule has 1 aromatic carbocycles. The van der Waals surface area contributed by atoms with E-state index in [0.717, 1.165) is 24.4 Å². The molecule has 1 saturated carbocycles. The second-order valence-corrected chi connectivity index (χ2v) is 5.09. The van der Waals surface area contributed by atoms with Gasteiger partial charge in [-0.05, 0) is 43.7 Å². The van der Waals surface area contributed by atoms with Crippen LogP contribution in [0.2, 0.25) is 0 Å². The first-order valence-corrected chi connectivity index (χ1v) is 6.90. The van der Waals surface area contributed by atoms with Gasteiger partial charge in [-0.15, -0.1) is 0 Å². The molecule has 3 nitrogen and oxygen atoms in total. The maximum absolute atomic E-state index is 11.8. The molecule has 0 unspecified atom stereocenters. The van der Waals surface area contributed by atoms with Crippen LogP contribution in [0, 0.1) is 5.92 Å². The first-order chi connectivity index (χ1) is 8.78. The van der Waals surface area contributed by atoms with Crippen molar-refractivity contribution in [3.8, 4) is 0 Å². The lowest BCUT2D eigenvalue weighted by atomic mass is 9.85. The Balaban J connectivity index is 1.75. The van der Waals surface area contributed by atoms with Gasteiger partial charge in [0.05, 0.1) is 0 Å². The molecule has 0 radical (unpaired) electrons. The molecule has 0 atom stereocenters. The van der Waals surface area contributed by atoms with Gasteiger partial charge in [0.25, 0.3) is 0 Å². The van der Waals surface area contributed by atoms with E-state index in [2.05, 4.69) is 17.6 Å². The van der Waals surface area contributed by atoms with Gasteiger partial charge in [-0.25, -0.2) is 4.79 Å². The molecular weight excluding hydrogens is 224 g/mol. The first kappa shape index (κ1) is 12.9. The number of urea groups is 1. The van der Waals surface area contributed by atoms with Crippen molar-refractivity contribution in [2.45, 2.75) is 45.1 Å². The molecule has 18 heavy (non-hydrogen) atoms. The fourth-order valence-corrected chi connectivity index (χ4v) is 2.59. The maximum Gasteiger partial charge on any atom is 0.319 e. The number of benzene rings is 1. The van der Waals surface area contributed by atoms with Crippen molar-refractivity contribution in [3.63, 3.8) is 0 Å². The average molecular weight is 246 g/mol. The highest BCUT2D eigenvalue weighted by molar-refractivity contribution is 5.89. The Bertz CT molecular complexity index is 369. The van der Waals surface area contributed by atoms with Gasteiger partial charge < -0.3 is 10.6 Å². The minimum Gasteiger partial charge on any atom is -0.335 e. The molecule has 1 aromatic rings. The summed E-state index contributed by atoms with van der Waals surface area (Å²) in [6.07, 6.45) is 5.98. The standard InChI is InChI=1S/C15H22N2O/c1-2-12-8-10-14(11-9-12)17-15(18)16-13-6-4-3-5-7-13/h3-7,12,14H,2,8-11H2,1H3,(H2,16,17,18)/t12-,14+. The van der Waals surface area contributed by atoms with Gasteiger partial charge in [0.15, 0.2) is 0 Å². The molecule has 0 bridgehead atoms. The summed E-state index contributed by atoms with van der Waals surface area (Å²) in [5, 5.41) is 5.93. The van der Waals surface area contributed by atoms with Gasteiger partial charge in [-0.1, -0.05) is 31.5 Å². The number of amides is 2. The predicted octanol–water partition coefficient (Wildman–Crippen LogP) is 3.78. The predicted molar refractivity (Wildman–Crippen MR) is 74.6 cm³/mol. The molecule has 0 saturated heterocycles. The van der Waals surface area contributed by atoms with E-state index in [1.165, 1.54) is 19.3 Å². The van der Waals surface area contributed by atoms with Crippen LogP contribution in [0.3, 0.4) is 0 Å². The molecule has 1 aliphatic rings. The summed E-state index contributed by atoms with van der Waals surface area (Å²) in [5.41, 5.74) is 0.845. The van der Waals surface area contributed by atoms with E-state index in [4.69, 9.17) is 0 Å². The van der Waals surface area contributed by atoms with Crippen LogP contribution < -0.4 is 10.6 Å². The van der Waals surface area contributed by atoms with Crippen LogP contribution in [-0.4, -0.2) is 12.1 Å². The zero-order valence-electron chi connectivity index (χ0n) is 11.0. The van der Waals surface area contributed by atoms with Gasteiger partial charge in [0.2, 0.25) is 0 Å². The quantitative estimate of drug-likeness (QED) is 0.837. The van der Waals surface area contributed by atoms with Gasteiger partial charge in [-0.3, -0.25) is 0 Å². The molecule has 2 N–H and O–H groups in total. The van der Waals surface area contributed by atoms with E-state index in [1.807, 2.05) is 30.3 Å². The van der Waals surface area contributed by atoms with Crippen molar-refractivity contribution in [1.82, 2.24) is 5.32 Å². The zero-order chi connectivity index (χ0) is 12.8. The monoisotopic (exact) mass is 246 g/mol. The third-order valence-electron chi connectivity index (χ3n) is 3.79. The number of nitrogens with one attached hydrogen (secondary N) is 2. The molecule has 0 aromatic heterocycles. The molecule has 1 fully saturated rings. The number of anilines is 1. The van der Waals surface area contributed by atoms with Crippen LogP contribution in [0.15, 0.2) is 30.3 Å². The summed E-state index contributed by atoms with van der Waals surface area (Å²) in [7, 11) is 0. The first-order valence-electron chi connectivity index (χ1n) is 6.90. The fourth-order valence-electron chi connectivity index (χ4n) is 2.59. The third-order valence-corrected chi connectivity index (χ3v) is 3.79. The highest BCUT2D eigenvalue weighted by Crippen LogP contribution is 2.26. The lowest BCUT2D eigenvalue weighted by Crippen LogP contribution is -2.40. The second-order valence-electron chi connectivity index (χ2n) is 5.09. The lowest BCUT2D eigenvalue weighted by molar-refractivity contribution is 0.237. The van der Waals surface area contributed by atoms with E-state index < -0.39 is 0 Å². The topological polar surface area (TPSA) is 41.1 Å². The molecule has 0 aliphatic heterocycles. The Morgan fingerprint density at radius 1 is 1.17 bits per heavy atom.